The van der Waals surface area contributed by atoms with Gasteiger partial charge in [-0.25, -0.2) is 0 Å². The second-order valence-electron chi connectivity index (χ2n) is 5.14. The number of halogens is 1. The Bertz CT molecular complexity index is 747. The van der Waals surface area contributed by atoms with Crippen LogP contribution in [0.4, 0.5) is 5.82 Å². The fourth-order valence-corrected chi connectivity index (χ4v) is 3.12. The van der Waals surface area contributed by atoms with Crippen LogP contribution in [0.5, 0.6) is 0 Å². The molecule has 24 heavy (non-hydrogen) atoms. The molecule has 0 saturated carbocycles. The second kappa shape index (κ2) is 8.34. The molecule has 0 aliphatic carbocycles. The van der Waals surface area contributed by atoms with Gasteiger partial charge in [0.05, 0.1) is 5.75 Å². The Morgan fingerprint density at radius 1 is 1.38 bits per heavy atom. The van der Waals surface area contributed by atoms with E-state index in [2.05, 4.69) is 26.4 Å². The maximum Gasteiger partial charge on any atom is 0.317 e. The minimum atomic E-state index is -0.916. The Hall–Kier alpha value is -1.80. The monoisotopic (exact) mass is 412 g/mol. The zero-order valence-corrected chi connectivity index (χ0v) is 15.9. The molecule has 1 aromatic heterocycles. The number of amides is 1. The number of hydrogen-bond acceptors (Lipinski definition) is 6. The molecule has 0 spiro atoms. The molecule has 1 N–H and O–H groups in total. The van der Waals surface area contributed by atoms with Crippen molar-refractivity contribution < 1.29 is 18.8 Å². The number of ether oxygens (including phenoxy) is 1. The number of aryl methyl sites for hydroxylation is 2. The first kappa shape index (κ1) is 18.5. The summed E-state index contributed by atoms with van der Waals surface area (Å²) in [4.78, 5) is 24.8. The van der Waals surface area contributed by atoms with Crippen LogP contribution in [-0.4, -0.2) is 28.9 Å². The fraction of sp³-hybridized carbons (Fsp3) is 0.312. The van der Waals surface area contributed by atoms with Gasteiger partial charge in [0.2, 0.25) is 0 Å². The summed E-state index contributed by atoms with van der Waals surface area (Å²) in [6.45, 7) is 5.19. The molecule has 0 radical (unpaired) electrons. The highest BCUT2D eigenvalue weighted by molar-refractivity contribution is 9.10. The predicted octanol–water partition coefficient (Wildman–Crippen LogP) is 3.72. The minimum Gasteiger partial charge on any atom is -0.452 e. The van der Waals surface area contributed by atoms with Crippen molar-refractivity contribution in [1.29, 1.82) is 0 Å². The first-order valence-corrected chi connectivity index (χ1v) is 8.95. The number of carbonyl (C=O) groups is 2. The molecule has 6 nitrogen and oxygen atoms in total. The topological polar surface area (TPSA) is 81.4 Å². The number of thioether (sulfide) groups is 1. The average Bonchev–Trinajstić information content (AvgIpc) is 2.91. The first-order chi connectivity index (χ1) is 11.3. The van der Waals surface area contributed by atoms with Gasteiger partial charge in [-0.05, 0) is 44.5 Å². The van der Waals surface area contributed by atoms with Crippen molar-refractivity contribution >= 4 is 45.4 Å². The highest BCUT2D eigenvalue weighted by Crippen LogP contribution is 2.25. The third-order valence-corrected chi connectivity index (χ3v) is 4.68. The molecule has 0 aliphatic heterocycles. The standard InChI is InChI=1S/C16H17BrN2O4S/c1-9-6-12(17)4-5-13(9)24-8-15(20)22-11(3)16(21)18-14-7-10(2)23-19-14/h4-7,11H,8H2,1-3H3,(H,18,19,21). The van der Waals surface area contributed by atoms with Crippen molar-refractivity contribution in [2.45, 2.75) is 31.8 Å². The van der Waals surface area contributed by atoms with Gasteiger partial charge in [-0.3, -0.25) is 9.59 Å². The second-order valence-corrected chi connectivity index (χ2v) is 7.08. The van der Waals surface area contributed by atoms with Crippen LogP contribution in [-0.2, 0) is 14.3 Å². The van der Waals surface area contributed by atoms with Crippen LogP contribution in [0, 0.1) is 13.8 Å². The zero-order valence-electron chi connectivity index (χ0n) is 13.5. The summed E-state index contributed by atoms with van der Waals surface area (Å²) in [6, 6.07) is 7.40. The lowest BCUT2D eigenvalue weighted by Crippen LogP contribution is -2.30. The van der Waals surface area contributed by atoms with Gasteiger partial charge in [0.1, 0.15) is 5.76 Å². The Labute approximate surface area is 152 Å². The van der Waals surface area contributed by atoms with Gasteiger partial charge in [-0.2, -0.15) is 0 Å². The third-order valence-electron chi connectivity index (χ3n) is 3.04. The van der Waals surface area contributed by atoms with Crippen molar-refractivity contribution in [3.05, 3.63) is 40.1 Å². The van der Waals surface area contributed by atoms with Crippen molar-refractivity contribution in [1.82, 2.24) is 5.16 Å². The van der Waals surface area contributed by atoms with Crippen LogP contribution >= 0.6 is 27.7 Å². The molecule has 1 atom stereocenters. The Morgan fingerprint density at radius 3 is 2.75 bits per heavy atom. The smallest absolute Gasteiger partial charge is 0.317 e. The Morgan fingerprint density at radius 2 is 2.12 bits per heavy atom. The number of rotatable bonds is 6. The maximum absolute atomic E-state index is 11.9. The van der Waals surface area contributed by atoms with E-state index in [1.807, 2.05) is 25.1 Å². The molecule has 1 heterocycles. The van der Waals surface area contributed by atoms with Crippen LogP contribution in [0.15, 0.2) is 38.2 Å². The van der Waals surface area contributed by atoms with Crippen LogP contribution in [0.3, 0.4) is 0 Å². The molecule has 1 aromatic carbocycles. The summed E-state index contributed by atoms with van der Waals surface area (Å²) in [5, 5.41) is 6.18. The van der Waals surface area contributed by atoms with Gasteiger partial charge < -0.3 is 14.6 Å². The average molecular weight is 413 g/mol. The molecule has 1 unspecified atom stereocenters. The summed E-state index contributed by atoms with van der Waals surface area (Å²) in [7, 11) is 0. The van der Waals surface area contributed by atoms with Gasteiger partial charge in [0.25, 0.3) is 5.91 Å². The Balaban J connectivity index is 1.81. The van der Waals surface area contributed by atoms with E-state index < -0.39 is 18.0 Å². The van der Waals surface area contributed by atoms with Crippen LogP contribution < -0.4 is 5.32 Å². The molecular weight excluding hydrogens is 396 g/mol. The largest absolute Gasteiger partial charge is 0.452 e. The highest BCUT2D eigenvalue weighted by atomic mass is 79.9. The van der Waals surface area contributed by atoms with E-state index in [-0.39, 0.29) is 5.75 Å². The SMILES string of the molecule is Cc1cc(NC(=O)C(C)OC(=O)CSc2ccc(Br)cc2C)no1. The molecule has 0 fully saturated rings. The van der Waals surface area contributed by atoms with Gasteiger partial charge in [-0.15, -0.1) is 11.8 Å². The highest BCUT2D eigenvalue weighted by Gasteiger charge is 2.19. The summed E-state index contributed by atoms with van der Waals surface area (Å²) in [6.07, 6.45) is -0.916. The number of carbonyl (C=O) groups excluding carboxylic acids is 2. The predicted molar refractivity (Wildman–Crippen MR) is 95.0 cm³/mol. The normalized spacial score (nSPS) is 11.8. The third kappa shape index (κ3) is 5.38. The summed E-state index contributed by atoms with van der Waals surface area (Å²) >= 11 is 4.77. The molecule has 0 bridgehead atoms. The minimum absolute atomic E-state index is 0.128. The lowest BCUT2D eigenvalue weighted by atomic mass is 10.2. The van der Waals surface area contributed by atoms with Crippen molar-refractivity contribution in [2.75, 3.05) is 11.1 Å². The van der Waals surface area contributed by atoms with E-state index in [0.717, 1.165) is 14.9 Å². The number of nitrogens with one attached hydrogen (secondary N) is 1. The molecule has 1 amide bonds. The van der Waals surface area contributed by atoms with Crippen LogP contribution in [0.1, 0.15) is 18.2 Å². The van der Waals surface area contributed by atoms with E-state index >= 15 is 0 Å². The molecule has 128 valence electrons. The maximum atomic E-state index is 11.9. The van der Waals surface area contributed by atoms with Crippen molar-refractivity contribution in [2.24, 2.45) is 0 Å². The lowest BCUT2D eigenvalue weighted by molar-refractivity contribution is -0.150. The lowest BCUT2D eigenvalue weighted by Gasteiger charge is -2.12. The summed E-state index contributed by atoms with van der Waals surface area (Å²) < 4.78 is 11.0. The first-order valence-electron chi connectivity index (χ1n) is 7.18. The quantitative estimate of drug-likeness (QED) is 0.574. The van der Waals surface area contributed by atoms with E-state index in [0.29, 0.717) is 11.6 Å². The number of esters is 1. The van der Waals surface area contributed by atoms with Crippen molar-refractivity contribution in [3.63, 3.8) is 0 Å². The zero-order chi connectivity index (χ0) is 17.7. The number of aromatic nitrogens is 1. The molecule has 2 rings (SSSR count). The van der Waals surface area contributed by atoms with Gasteiger partial charge in [-0.1, -0.05) is 21.1 Å². The summed E-state index contributed by atoms with van der Waals surface area (Å²) in [5.41, 5.74) is 1.06. The number of anilines is 1. The molecule has 0 aliphatic rings. The number of hydrogen-bond donors (Lipinski definition) is 1. The molecule has 8 heteroatoms. The number of nitrogens with zero attached hydrogens (tertiary/aromatic N) is 1. The van der Waals surface area contributed by atoms with Crippen LogP contribution in [0.2, 0.25) is 0 Å². The van der Waals surface area contributed by atoms with Crippen molar-refractivity contribution in [3.8, 4) is 0 Å². The van der Waals surface area contributed by atoms with E-state index in [1.165, 1.54) is 18.7 Å². The number of benzene rings is 1. The molecule has 0 saturated heterocycles. The van der Waals surface area contributed by atoms with Gasteiger partial charge in [0, 0.05) is 15.4 Å². The van der Waals surface area contributed by atoms with Gasteiger partial charge >= 0.3 is 5.97 Å². The van der Waals surface area contributed by atoms with E-state index in [4.69, 9.17) is 9.26 Å². The van der Waals surface area contributed by atoms with E-state index in [9.17, 15) is 9.59 Å². The van der Waals surface area contributed by atoms with E-state index in [1.54, 1.807) is 13.0 Å². The summed E-state index contributed by atoms with van der Waals surface area (Å²) in [5.74, 6) is 0.0858. The molecular formula is C16H17BrN2O4S. The molecule has 2 aromatic rings. The van der Waals surface area contributed by atoms with Gasteiger partial charge in [0.15, 0.2) is 11.9 Å². The fourth-order valence-electron chi connectivity index (χ4n) is 1.85. The Kier molecular flexibility index (Phi) is 6.44. The van der Waals surface area contributed by atoms with Crippen LogP contribution in [0.25, 0.3) is 0 Å².